The van der Waals surface area contributed by atoms with Crippen LogP contribution in [0.25, 0.3) is 11.0 Å². The molecule has 0 fully saturated rings. The van der Waals surface area contributed by atoms with E-state index in [9.17, 15) is 14.4 Å². The van der Waals surface area contributed by atoms with Gasteiger partial charge in [-0.05, 0) is 43.4 Å². The van der Waals surface area contributed by atoms with E-state index in [1.54, 1.807) is 18.2 Å². The average Bonchev–Trinajstić information content (AvgIpc) is 2.96. The normalized spacial score (nSPS) is 13.2. The first-order valence-corrected chi connectivity index (χ1v) is 10.8. The van der Waals surface area contributed by atoms with Crippen LogP contribution in [0.1, 0.15) is 50.4 Å². The van der Waals surface area contributed by atoms with Crippen molar-refractivity contribution in [1.82, 2.24) is 9.97 Å². The molecular formula is C22H21N3O5S. The lowest BCUT2D eigenvalue weighted by Crippen LogP contribution is -2.22. The number of amides is 1. The molecule has 31 heavy (non-hydrogen) atoms. The van der Waals surface area contributed by atoms with Gasteiger partial charge in [-0.3, -0.25) is 14.8 Å². The lowest BCUT2D eigenvalue weighted by atomic mass is 10.1. The Kier molecular flexibility index (Phi) is 6.22. The van der Waals surface area contributed by atoms with Crippen LogP contribution in [0.2, 0.25) is 0 Å². The number of carbonyl (C=O) groups is 3. The van der Waals surface area contributed by atoms with Crippen LogP contribution in [0.5, 0.6) is 0 Å². The molecule has 1 aliphatic rings. The van der Waals surface area contributed by atoms with Crippen LogP contribution >= 0.6 is 11.3 Å². The molecule has 2 heterocycles. The predicted octanol–water partition coefficient (Wildman–Crippen LogP) is 3.54. The number of thiophene rings is 1. The van der Waals surface area contributed by atoms with E-state index in [1.807, 2.05) is 0 Å². The van der Waals surface area contributed by atoms with E-state index < -0.39 is 24.5 Å². The van der Waals surface area contributed by atoms with Gasteiger partial charge in [-0.15, -0.1) is 11.3 Å². The van der Waals surface area contributed by atoms with Crippen molar-refractivity contribution in [1.29, 1.82) is 0 Å². The van der Waals surface area contributed by atoms with Crippen LogP contribution in [0.4, 0.5) is 5.00 Å². The molecule has 0 radical (unpaired) electrons. The number of nitrogens with one attached hydrogen (secondary N) is 1. The number of benzene rings is 1. The highest BCUT2D eigenvalue weighted by Crippen LogP contribution is 2.37. The van der Waals surface area contributed by atoms with Gasteiger partial charge in [-0.25, -0.2) is 9.59 Å². The van der Waals surface area contributed by atoms with Crippen LogP contribution in [-0.2, 0) is 27.1 Å². The Morgan fingerprint density at radius 1 is 1.06 bits per heavy atom. The van der Waals surface area contributed by atoms with Crippen molar-refractivity contribution in [2.45, 2.75) is 32.1 Å². The van der Waals surface area contributed by atoms with E-state index in [4.69, 9.17) is 9.47 Å². The summed E-state index contributed by atoms with van der Waals surface area (Å²) in [5, 5.41) is 3.16. The van der Waals surface area contributed by atoms with E-state index in [-0.39, 0.29) is 5.56 Å². The second-order valence-electron chi connectivity index (χ2n) is 7.11. The maximum absolute atomic E-state index is 12.5. The molecule has 1 amide bonds. The highest BCUT2D eigenvalue weighted by atomic mass is 32.1. The number of aryl methyl sites for hydroxylation is 1. The second kappa shape index (κ2) is 9.22. The van der Waals surface area contributed by atoms with Crippen LogP contribution in [-0.4, -0.2) is 41.5 Å². The molecule has 0 saturated carbocycles. The van der Waals surface area contributed by atoms with Crippen molar-refractivity contribution in [2.24, 2.45) is 0 Å². The zero-order valence-corrected chi connectivity index (χ0v) is 17.8. The van der Waals surface area contributed by atoms with Gasteiger partial charge in [0.1, 0.15) is 10.5 Å². The number of para-hydroxylation sites is 1. The van der Waals surface area contributed by atoms with Gasteiger partial charge < -0.3 is 14.8 Å². The summed E-state index contributed by atoms with van der Waals surface area (Å²) in [5.41, 5.74) is 2.57. The minimum Gasteiger partial charge on any atom is -0.465 e. The number of hydrogen-bond acceptors (Lipinski definition) is 8. The largest absolute Gasteiger partial charge is 0.465 e. The molecule has 0 unspecified atom stereocenters. The molecule has 4 rings (SSSR count). The summed E-state index contributed by atoms with van der Waals surface area (Å²) in [5.74, 6) is -1.67. The van der Waals surface area contributed by atoms with Crippen LogP contribution in [0, 0.1) is 0 Å². The van der Waals surface area contributed by atoms with Crippen molar-refractivity contribution < 1.29 is 23.9 Å². The molecule has 1 N–H and O–H groups in total. The Morgan fingerprint density at radius 3 is 2.71 bits per heavy atom. The first-order valence-electron chi connectivity index (χ1n) is 9.98. The summed E-state index contributed by atoms with van der Waals surface area (Å²) in [6.07, 6.45) is 7.82. The highest BCUT2D eigenvalue weighted by molar-refractivity contribution is 7.17. The fourth-order valence-electron chi connectivity index (χ4n) is 3.68. The Labute approximate surface area is 182 Å². The number of aromatic nitrogens is 2. The minimum atomic E-state index is -0.670. The fraction of sp³-hybridized carbons (Fsp3) is 0.318. The smallest absolute Gasteiger partial charge is 0.341 e. The first-order chi connectivity index (χ1) is 15.1. The molecule has 0 bridgehead atoms. The maximum atomic E-state index is 12.5. The lowest BCUT2D eigenvalue weighted by molar-refractivity contribution is -0.119. The average molecular weight is 439 g/mol. The van der Waals surface area contributed by atoms with Crippen molar-refractivity contribution in [3.8, 4) is 0 Å². The summed E-state index contributed by atoms with van der Waals surface area (Å²) in [4.78, 5) is 46.8. The Bertz CT molecular complexity index is 1150. The van der Waals surface area contributed by atoms with Crippen LogP contribution in [0.15, 0.2) is 30.6 Å². The quantitative estimate of drug-likeness (QED) is 0.478. The van der Waals surface area contributed by atoms with Crippen molar-refractivity contribution in [3.05, 3.63) is 52.2 Å². The van der Waals surface area contributed by atoms with Gasteiger partial charge in [0.25, 0.3) is 5.91 Å². The molecule has 0 spiro atoms. The van der Waals surface area contributed by atoms with Crippen molar-refractivity contribution >= 4 is 45.2 Å². The number of rotatable bonds is 5. The Hall–Kier alpha value is -3.33. The third kappa shape index (κ3) is 4.41. The highest BCUT2D eigenvalue weighted by Gasteiger charge is 2.26. The van der Waals surface area contributed by atoms with Crippen molar-refractivity contribution in [3.63, 3.8) is 0 Å². The van der Waals surface area contributed by atoms with E-state index >= 15 is 0 Å². The fourth-order valence-corrected chi connectivity index (χ4v) is 4.97. The number of fused-ring (bicyclic) bond motifs is 2. The number of ether oxygens (including phenoxy) is 2. The van der Waals surface area contributed by atoms with Gasteiger partial charge in [-0.1, -0.05) is 12.5 Å². The summed E-state index contributed by atoms with van der Waals surface area (Å²) in [6, 6.07) is 4.99. The molecule has 0 saturated heterocycles. The van der Waals surface area contributed by atoms with Gasteiger partial charge in [0, 0.05) is 17.3 Å². The molecule has 160 valence electrons. The third-order valence-electron chi connectivity index (χ3n) is 5.12. The second-order valence-corrected chi connectivity index (χ2v) is 8.22. The lowest BCUT2D eigenvalue weighted by Gasteiger charge is -2.09. The van der Waals surface area contributed by atoms with Crippen LogP contribution in [0.3, 0.4) is 0 Å². The Morgan fingerprint density at radius 2 is 1.87 bits per heavy atom. The maximum Gasteiger partial charge on any atom is 0.341 e. The zero-order chi connectivity index (χ0) is 21.8. The molecular weight excluding hydrogens is 418 g/mol. The standard InChI is InChI=1S/C22H21N3O5S/c1-29-22(28)18-13-6-3-2-4-9-16(13)31-20(18)25-17(26)12-30-21(27)14-7-5-8-15-19(14)24-11-10-23-15/h5,7-8,10-11H,2-4,6,9,12H2,1H3,(H,25,26). The summed E-state index contributed by atoms with van der Waals surface area (Å²) >= 11 is 1.39. The molecule has 0 aliphatic heterocycles. The number of hydrogen-bond donors (Lipinski definition) is 1. The van der Waals surface area contributed by atoms with E-state index in [1.165, 1.54) is 30.8 Å². The zero-order valence-electron chi connectivity index (χ0n) is 17.0. The number of carbonyl (C=O) groups excluding carboxylic acids is 3. The van der Waals surface area contributed by atoms with Gasteiger partial charge in [0.2, 0.25) is 0 Å². The third-order valence-corrected chi connectivity index (χ3v) is 6.32. The number of methoxy groups -OCH3 is 1. The molecule has 3 aromatic rings. The monoisotopic (exact) mass is 439 g/mol. The van der Waals surface area contributed by atoms with E-state index in [2.05, 4.69) is 15.3 Å². The van der Waals surface area contributed by atoms with E-state index in [0.29, 0.717) is 21.6 Å². The number of nitrogens with zero attached hydrogens (tertiary/aromatic N) is 2. The molecule has 0 atom stereocenters. The molecule has 1 aromatic carbocycles. The predicted molar refractivity (Wildman–Crippen MR) is 115 cm³/mol. The van der Waals surface area contributed by atoms with Gasteiger partial charge in [0.15, 0.2) is 6.61 Å². The Balaban J connectivity index is 1.48. The topological polar surface area (TPSA) is 107 Å². The first kappa shape index (κ1) is 20.9. The molecule has 1 aliphatic carbocycles. The number of anilines is 1. The molecule has 8 nitrogen and oxygen atoms in total. The SMILES string of the molecule is COC(=O)c1c(NC(=O)COC(=O)c2cccc3nccnc23)sc2c1CCCCC2. The van der Waals surface area contributed by atoms with Crippen molar-refractivity contribution in [2.75, 3.05) is 19.0 Å². The van der Waals surface area contributed by atoms with Gasteiger partial charge >= 0.3 is 11.9 Å². The molecule has 2 aromatic heterocycles. The minimum absolute atomic E-state index is 0.233. The van der Waals surface area contributed by atoms with E-state index in [0.717, 1.165) is 42.5 Å². The van der Waals surface area contributed by atoms with Crippen LogP contribution < -0.4 is 5.32 Å². The van der Waals surface area contributed by atoms with Gasteiger partial charge in [0.05, 0.1) is 23.8 Å². The number of esters is 2. The summed E-state index contributed by atoms with van der Waals surface area (Å²) < 4.78 is 10.1. The van der Waals surface area contributed by atoms with Gasteiger partial charge in [-0.2, -0.15) is 0 Å². The summed E-state index contributed by atoms with van der Waals surface area (Å²) in [6.45, 7) is -0.487. The summed E-state index contributed by atoms with van der Waals surface area (Å²) in [7, 11) is 1.32. The molecule has 9 heteroatoms.